The molecule has 0 bridgehead atoms. The third-order valence-electron chi connectivity index (χ3n) is 5.60. The Kier molecular flexibility index (Phi) is 4.18. The second-order valence-corrected chi connectivity index (χ2v) is 7.94. The molecule has 1 saturated carbocycles. The van der Waals surface area contributed by atoms with Crippen molar-refractivity contribution in [3.63, 3.8) is 0 Å². The zero-order valence-corrected chi connectivity index (χ0v) is 16.5. The van der Waals surface area contributed by atoms with E-state index in [9.17, 15) is 9.90 Å². The Morgan fingerprint density at radius 2 is 2.07 bits per heavy atom. The van der Waals surface area contributed by atoms with Gasteiger partial charge in [0, 0.05) is 23.1 Å². The van der Waals surface area contributed by atoms with Crippen LogP contribution < -0.4 is 0 Å². The molecular formula is C24H18ClNO3. The van der Waals surface area contributed by atoms with Crippen LogP contribution in [0.4, 0.5) is 0 Å². The molecule has 2 unspecified atom stereocenters. The highest BCUT2D eigenvalue weighted by Crippen LogP contribution is 2.48. The molecule has 29 heavy (non-hydrogen) atoms. The fourth-order valence-corrected chi connectivity index (χ4v) is 4.10. The molecule has 0 saturated heterocycles. The van der Waals surface area contributed by atoms with Crippen molar-refractivity contribution < 1.29 is 14.6 Å². The van der Waals surface area contributed by atoms with Crippen LogP contribution in [0, 0.1) is 18.8 Å². The quantitative estimate of drug-likeness (QED) is 0.545. The number of aliphatic hydroxyl groups is 1. The van der Waals surface area contributed by atoms with Gasteiger partial charge in [0.05, 0.1) is 10.5 Å². The number of fused-ring (bicyclic) bond motifs is 2. The topological polar surface area (TPSA) is 59.4 Å². The molecule has 5 rings (SSSR count). The molecule has 1 heterocycles. The number of ether oxygens (including phenoxy) is 1. The van der Waals surface area contributed by atoms with Gasteiger partial charge in [-0.2, -0.15) is 0 Å². The van der Waals surface area contributed by atoms with Crippen molar-refractivity contribution >= 4 is 28.5 Å². The highest BCUT2D eigenvalue weighted by molar-refractivity contribution is 6.35. The molecule has 3 aromatic rings. The van der Waals surface area contributed by atoms with Crippen molar-refractivity contribution in [2.24, 2.45) is 11.8 Å². The van der Waals surface area contributed by atoms with E-state index in [4.69, 9.17) is 16.3 Å². The van der Waals surface area contributed by atoms with Crippen molar-refractivity contribution in [2.45, 2.75) is 13.3 Å². The van der Waals surface area contributed by atoms with Gasteiger partial charge < -0.3 is 9.84 Å². The predicted octanol–water partition coefficient (Wildman–Crippen LogP) is 6.00. The van der Waals surface area contributed by atoms with Gasteiger partial charge in [-0.25, -0.2) is 4.79 Å². The molecule has 144 valence electrons. The number of carbonyl (C=O) groups is 1. The Hall–Kier alpha value is -3.11. The number of halogens is 1. The predicted molar refractivity (Wildman–Crippen MR) is 113 cm³/mol. The minimum atomic E-state index is -0.623. The fraction of sp³-hybridized carbons (Fsp3) is 0.167. The van der Waals surface area contributed by atoms with Crippen LogP contribution in [-0.4, -0.2) is 16.1 Å². The Balaban J connectivity index is 1.54. The third-order valence-corrected chi connectivity index (χ3v) is 5.92. The Morgan fingerprint density at radius 1 is 1.24 bits per heavy atom. The first-order valence-corrected chi connectivity index (χ1v) is 9.88. The Morgan fingerprint density at radius 3 is 2.90 bits per heavy atom. The van der Waals surface area contributed by atoms with E-state index < -0.39 is 5.97 Å². The molecule has 5 heteroatoms. The lowest BCUT2D eigenvalue weighted by atomic mass is 10.00. The van der Waals surface area contributed by atoms with Crippen LogP contribution in [0.25, 0.3) is 22.0 Å². The molecule has 2 aliphatic rings. The summed E-state index contributed by atoms with van der Waals surface area (Å²) in [6, 6.07) is 13.6. The van der Waals surface area contributed by atoms with Crippen molar-refractivity contribution in [1.29, 1.82) is 0 Å². The maximum absolute atomic E-state index is 12.9. The van der Waals surface area contributed by atoms with E-state index >= 15 is 0 Å². The lowest BCUT2D eigenvalue weighted by Gasteiger charge is -2.13. The number of pyridine rings is 1. The van der Waals surface area contributed by atoms with E-state index in [2.05, 4.69) is 4.98 Å². The summed E-state index contributed by atoms with van der Waals surface area (Å²) in [6.07, 6.45) is 6.25. The second kappa shape index (κ2) is 6.75. The maximum Gasteiger partial charge on any atom is 0.347 e. The van der Waals surface area contributed by atoms with Crippen molar-refractivity contribution in [3.8, 4) is 11.1 Å². The molecule has 0 radical (unpaired) electrons. The number of aliphatic hydroxyl groups excluding tert-OH is 1. The van der Waals surface area contributed by atoms with Gasteiger partial charge in [0.15, 0.2) is 5.76 Å². The summed E-state index contributed by atoms with van der Waals surface area (Å²) in [4.78, 5) is 17.4. The van der Waals surface area contributed by atoms with Gasteiger partial charge in [0.2, 0.25) is 0 Å². The number of carbonyl (C=O) groups excluding carboxylic acids is 1. The monoisotopic (exact) mass is 403 g/mol. The first-order valence-electron chi connectivity index (χ1n) is 9.50. The Bertz CT molecular complexity index is 1230. The van der Waals surface area contributed by atoms with Crippen LogP contribution in [-0.2, 0) is 4.74 Å². The molecule has 2 aromatic carbocycles. The molecule has 1 N–H and O–H groups in total. The maximum atomic E-state index is 12.9. The molecule has 0 spiro atoms. The number of aromatic nitrogens is 1. The first-order chi connectivity index (χ1) is 14.0. The van der Waals surface area contributed by atoms with E-state index in [0.29, 0.717) is 11.4 Å². The van der Waals surface area contributed by atoms with Gasteiger partial charge in [-0.05, 0) is 48.6 Å². The van der Waals surface area contributed by atoms with E-state index in [-0.39, 0.29) is 28.0 Å². The number of esters is 1. The molecule has 2 atom stereocenters. The summed E-state index contributed by atoms with van der Waals surface area (Å²) in [5, 5.41) is 11.3. The van der Waals surface area contributed by atoms with E-state index in [0.717, 1.165) is 28.5 Å². The zero-order chi connectivity index (χ0) is 20.1. The van der Waals surface area contributed by atoms with Gasteiger partial charge in [-0.1, -0.05) is 48.0 Å². The molecule has 2 aliphatic carbocycles. The van der Waals surface area contributed by atoms with Crippen molar-refractivity contribution in [1.82, 2.24) is 4.98 Å². The summed E-state index contributed by atoms with van der Waals surface area (Å²) in [5.74, 6) is 0.137. The third kappa shape index (κ3) is 3.10. The number of hydrogen-bond acceptors (Lipinski definition) is 4. The fourth-order valence-electron chi connectivity index (χ4n) is 3.87. The van der Waals surface area contributed by atoms with Crippen LogP contribution in [0.5, 0.6) is 0 Å². The standard InChI is InChI=1S/C24H18ClNO3/c1-13-4-2-3-5-17(13)16-10-15-6-8-19(25)21(22(15)26-12-16)24(28)29-20-9-7-14-11-18(14)23(20)27/h2-10,12,14,18,27H,11H2,1H3. The summed E-state index contributed by atoms with van der Waals surface area (Å²) >= 11 is 6.33. The van der Waals surface area contributed by atoms with Gasteiger partial charge in [-0.15, -0.1) is 0 Å². The number of benzene rings is 2. The first kappa shape index (κ1) is 18.0. The van der Waals surface area contributed by atoms with Gasteiger partial charge in [-0.3, -0.25) is 4.98 Å². The average Bonchev–Trinajstić information content (AvgIpc) is 3.51. The molecule has 0 amide bonds. The van der Waals surface area contributed by atoms with Crippen molar-refractivity contribution in [2.75, 3.05) is 0 Å². The number of rotatable bonds is 3. The molecular weight excluding hydrogens is 386 g/mol. The number of aryl methyl sites for hydroxylation is 1. The summed E-state index contributed by atoms with van der Waals surface area (Å²) in [5.41, 5.74) is 3.87. The largest absolute Gasteiger partial charge is 0.508 e. The van der Waals surface area contributed by atoms with Crippen LogP contribution in [0.1, 0.15) is 22.3 Å². The summed E-state index contributed by atoms with van der Waals surface area (Å²) in [7, 11) is 0. The SMILES string of the molecule is Cc1ccccc1-c1cnc2c(C(=O)OC3=C(O)C4CC4C=C3)c(Cl)ccc2c1. The zero-order valence-electron chi connectivity index (χ0n) is 15.7. The van der Waals surface area contributed by atoms with Gasteiger partial charge >= 0.3 is 5.97 Å². The van der Waals surface area contributed by atoms with Crippen LogP contribution in [0.3, 0.4) is 0 Å². The lowest BCUT2D eigenvalue weighted by Crippen LogP contribution is -2.10. The second-order valence-electron chi connectivity index (χ2n) is 7.54. The molecule has 0 aliphatic heterocycles. The van der Waals surface area contributed by atoms with Crippen LogP contribution in [0.15, 0.2) is 72.3 Å². The highest BCUT2D eigenvalue weighted by atomic mass is 35.5. The minimum absolute atomic E-state index is 0.0700. The summed E-state index contributed by atoms with van der Waals surface area (Å²) in [6.45, 7) is 2.05. The summed E-state index contributed by atoms with van der Waals surface area (Å²) < 4.78 is 5.49. The smallest absolute Gasteiger partial charge is 0.347 e. The minimum Gasteiger partial charge on any atom is -0.508 e. The molecule has 1 fully saturated rings. The molecule has 1 aromatic heterocycles. The lowest BCUT2D eigenvalue weighted by molar-refractivity contribution is 0.0619. The van der Waals surface area contributed by atoms with E-state index in [1.54, 1.807) is 18.3 Å². The number of allylic oxidation sites excluding steroid dienone is 3. The van der Waals surface area contributed by atoms with Gasteiger partial charge in [0.25, 0.3) is 0 Å². The van der Waals surface area contributed by atoms with E-state index in [1.165, 1.54) is 0 Å². The van der Waals surface area contributed by atoms with E-state index in [1.807, 2.05) is 49.4 Å². The Labute approximate surface area is 173 Å². The van der Waals surface area contributed by atoms with Crippen molar-refractivity contribution in [3.05, 3.63) is 88.5 Å². The molecule has 4 nitrogen and oxygen atoms in total. The average molecular weight is 404 g/mol. The normalized spacial score (nSPS) is 19.9. The van der Waals surface area contributed by atoms with Crippen LogP contribution in [0.2, 0.25) is 5.02 Å². The van der Waals surface area contributed by atoms with Crippen LogP contribution >= 0.6 is 11.6 Å². The van der Waals surface area contributed by atoms with Gasteiger partial charge in [0.1, 0.15) is 11.3 Å². The highest BCUT2D eigenvalue weighted by Gasteiger charge is 2.42. The number of hydrogen-bond donors (Lipinski definition) is 1. The number of nitrogens with zero attached hydrogens (tertiary/aromatic N) is 1.